The zero-order chi connectivity index (χ0) is 14.2. The van der Waals surface area contributed by atoms with Gasteiger partial charge >= 0.3 is 0 Å². The first kappa shape index (κ1) is 11.8. The highest BCUT2D eigenvalue weighted by molar-refractivity contribution is 5.75. The highest BCUT2D eigenvalue weighted by Crippen LogP contribution is 2.10. The number of fused-ring (bicyclic) bond motifs is 3. The molecule has 0 saturated heterocycles. The van der Waals surface area contributed by atoms with Crippen molar-refractivity contribution in [1.82, 2.24) is 24.1 Å². The second-order valence-electron chi connectivity index (χ2n) is 4.75. The lowest BCUT2D eigenvalue weighted by atomic mass is 10.2. The monoisotopic (exact) mass is 277 g/mol. The molecule has 0 bridgehead atoms. The van der Waals surface area contributed by atoms with Crippen LogP contribution in [0.25, 0.3) is 16.8 Å². The molecule has 0 aliphatic carbocycles. The van der Waals surface area contributed by atoms with Gasteiger partial charge in [0.25, 0.3) is 5.56 Å². The highest BCUT2D eigenvalue weighted by atomic mass is 16.1. The van der Waals surface area contributed by atoms with Crippen LogP contribution in [0.2, 0.25) is 0 Å². The molecule has 0 atom stereocenters. The van der Waals surface area contributed by atoms with Crippen LogP contribution in [0.4, 0.5) is 0 Å². The maximum absolute atomic E-state index is 12.7. The van der Waals surface area contributed by atoms with Gasteiger partial charge in [0.1, 0.15) is 6.33 Å². The molecule has 0 aliphatic rings. The molecule has 3 aromatic heterocycles. The molecular formula is C15H11N5O. The summed E-state index contributed by atoms with van der Waals surface area (Å²) in [6, 6.07) is 13.3. The minimum Gasteiger partial charge on any atom is -0.272 e. The zero-order valence-electron chi connectivity index (χ0n) is 11.0. The van der Waals surface area contributed by atoms with E-state index in [0.29, 0.717) is 23.4 Å². The molecule has 102 valence electrons. The maximum atomic E-state index is 12.7. The largest absolute Gasteiger partial charge is 0.272 e. The van der Waals surface area contributed by atoms with Crippen molar-refractivity contribution in [3.05, 3.63) is 70.9 Å². The van der Waals surface area contributed by atoms with Gasteiger partial charge in [-0.3, -0.25) is 13.8 Å². The number of benzene rings is 1. The summed E-state index contributed by atoms with van der Waals surface area (Å²) >= 11 is 0. The van der Waals surface area contributed by atoms with Gasteiger partial charge in [0.15, 0.2) is 5.65 Å². The van der Waals surface area contributed by atoms with Gasteiger partial charge in [0.05, 0.1) is 11.9 Å². The Kier molecular flexibility index (Phi) is 2.53. The molecule has 21 heavy (non-hydrogen) atoms. The standard InChI is InChI=1S/C15H11N5O/c21-14-12-7-4-8-16-13(12)20-10-17-18-15(20)19(14)9-11-5-2-1-3-6-11/h1-8,10H,9H2. The predicted octanol–water partition coefficient (Wildman–Crippen LogP) is 1.49. The van der Waals surface area contributed by atoms with Crippen LogP contribution in [-0.2, 0) is 6.54 Å². The molecule has 0 N–H and O–H groups in total. The Morgan fingerprint density at radius 2 is 1.90 bits per heavy atom. The quantitative estimate of drug-likeness (QED) is 0.557. The van der Waals surface area contributed by atoms with Crippen LogP contribution >= 0.6 is 0 Å². The van der Waals surface area contributed by atoms with Crippen LogP contribution in [0.15, 0.2) is 59.8 Å². The van der Waals surface area contributed by atoms with Crippen molar-refractivity contribution in [2.24, 2.45) is 0 Å². The van der Waals surface area contributed by atoms with Gasteiger partial charge in [-0.15, -0.1) is 10.2 Å². The SMILES string of the molecule is O=c1c2cccnc2n2cnnc2n1Cc1ccccc1. The van der Waals surface area contributed by atoms with E-state index in [1.807, 2.05) is 30.3 Å². The molecule has 4 aromatic rings. The predicted molar refractivity (Wildman–Crippen MR) is 78.1 cm³/mol. The summed E-state index contributed by atoms with van der Waals surface area (Å²) in [5.74, 6) is 0.495. The molecule has 0 spiro atoms. The molecule has 0 saturated carbocycles. The van der Waals surface area contributed by atoms with Crippen LogP contribution < -0.4 is 5.56 Å². The molecule has 0 fully saturated rings. The lowest BCUT2D eigenvalue weighted by molar-refractivity contribution is 0.765. The summed E-state index contributed by atoms with van der Waals surface area (Å²) in [7, 11) is 0. The number of hydrogen-bond donors (Lipinski definition) is 0. The van der Waals surface area contributed by atoms with Crippen molar-refractivity contribution in [3.8, 4) is 0 Å². The maximum Gasteiger partial charge on any atom is 0.264 e. The molecule has 0 radical (unpaired) electrons. The van der Waals surface area contributed by atoms with E-state index >= 15 is 0 Å². The second kappa shape index (κ2) is 4.52. The topological polar surface area (TPSA) is 65.1 Å². The Hall–Kier alpha value is -3.02. The van der Waals surface area contributed by atoms with Crippen molar-refractivity contribution < 1.29 is 0 Å². The minimum atomic E-state index is -0.109. The lowest BCUT2D eigenvalue weighted by Crippen LogP contribution is -2.24. The van der Waals surface area contributed by atoms with Gasteiger partial charge in [-0.25, -0.2) is 4.98 Å². The van der Waals surface area contributed by atoms with E-state index in [9.17, 15) is 4.79 Å². The van der Waals surface area contributed by atoms with Gasteiger partial charge < -0.3 is 0 Å². The third-order valence-electron chi connectivity index (χ3n) is 3.45. The smallest absolute Gasteiger partial charge is 0.264 e. The molecule has 0 unspecified atom stereocenters. The summed E-state index contributed by atoms with van der Waals surface area (Å²) in [5.41, 5.74) is 1.50. The third kappa shape index (κ3) is 1.80. The number of rotatable bonds is 2. The fraction of sp³-hybridized carbons (Fsp3) is 0.0667. The van der Waals surface area contributed by atoms with Gasteiger partial charge in [0.2, 0.25) is 5.78 Å². The van der Waals surface area contributed by atoms with Gasteiger partial charge in [-0.1, -0.05) is 30.3 Å². The Bertz CT molecular complexity index is 987. The average molecular weight is 277 g/mol. The number of nitrogens with zero attached hydrogens (tertiary/aromatic N) is 5. The van der Waals surface area contributed by atoms with E-state index in [1.54, 1.807) is 33.6 Å². The van der Waals surface area contributed by atoms with E-state index in [-0.39, 0.29) is 5.56 Å². The van der Waals surface area contributed by atoms with Crippen molar-refractivity contribution in [2.75, 3.05) is 0 Å². The molecule has 6 heteroatoms. The second-order valence-corrected chi connectivity index (χ2v) is 4.75. The molecule has 0 amide bonds. The van der Waals surface area contributed by atoms with Gasteiger partial charge in [0, 0.05) is 6.20 Å². The molecule has 4 rings (SSSR count). The van der Waals surface area contributed by atoms with Crippen molar-refractivity contribution >= 4 is 16.8 Å². The van der Waals surface area contributed by atoms with Gasteiger partial charge in [-0.2, -0.15) is 0 Å². The zero-order valence-corrected chi connectivity index (χ0v) is 11.0. The fourth-order valence-corrected chi connectivity index (χ4v) is 2.46. The first-order valence-electron chi connectivity index (χ1n) is 6.56. The molecule has 3 heterocycles. The number of aromatic nitrogens is 5. The highest BCUT2D eigenvalue weighted by Gasteiger charge is 2.12. The summed E-state index contributed by atoms with van der Waals surface area (Å²) in [6.07, 6.45) is 3.23. The Morgan fingerprint density at radius 1 is 1.05 bits per heavy atom. The molecule has 1 aromatic carbocycles. The Morgan fingerprint density at radius 3 is 2.76 bits per heavy atom. The van der Waals surface area contributed by atoms with Crippen LogP contribution in [0.3, 0.4) is 0 Å². The Balaban J connectivity index is 2.05. The molecular weight excluding hydrogens is 266 g/mol. The normalized spacial score (nSPS) is 11.2. The van der Waals surface area contributed by atoms with E-state index in [4.69, 9.17) is 0 Å². The van der Waals surface area contributed by atoms with E-state index in [1.165, 1.54) is 0 Å². The number of pyridine rings is 1. The summed E-state index contributed by atoms with van der Waals surface area (Å²) in [4.78, 5) is 16.9. The minimum absolute atomic E-state index is 0.109. The summed E-state index contributed by atoms with van der Waals surface area (Å²) in [5, 5.41) is 8.53. The Labute approximate surface area is 119 Å². The summed E-state index contributed by atoms with van der Waals surface area (Å²) < 4.78 is 3.35. The first-order valence-corrected chi connectivity index (χ1v) is 6.56. The van der Waals surface area contributed by atoms with Crippen molar-refractivity contribution in [3.63, 3.8) is 0 Å². The van der Waals surface area contributed by atoms with Crippen LogP contribution in [0.1, 0.15) is 5.56 Å². The third-order valence-corrected chi connectivity index (χ3v) is 3.45. The lowest BCUT2D eigenvalue weighted by Gasteiger charge is -2.09. The van der Waals surface area contributed by atoms with Crippen molar-refractivity contribution in [2.45, 2.75) is 6.54 Å². The molecule has 0 aliphatic heterocycles. The van der Waals surface area contributed by atoms with Crippen LogP contribution in [0.5, 0.6) is 0 Å². The van der Waals surface area contributed by atoms with E-state index in [0.717, 1.165) is 5.56 Å². The number of hydrogen-bond acceptors (Lipinski definition) is 4. The van der Waals surface area contributed by atoms with E-state index in [2.05, 4.69) is 15.2 Å². The summed E-state index contributed by atoms with van der Waals surface area (Å²) in [6.45, 7) is 0.451. The van der Waals surface area contributed by atoms with Crippen LogP contribution in [0, 0.1) is 0 Å². The van der Waals surface area contributed by atoms with Crippen LogP contribution in [-0.4, -0.2) is 24.1 Å². The van der Waals surface area contributed by atoms with Gasteiger partial charge in [-0.05, 0) is 17.7 Å². The molecule has 6 nitrogen and oxygen atoms in total. The fourth-order valence-electron chi connectivity index (χ4n) is 2.46. The van der Waals surface area contributed by atoms with Crippen molar-refractivity contribution in [1.29, 1.82) is 0 Å². The van der Waals surface area contributed by atoms with E-state index < -0.39 is 0 Å². The first-order chi connectivity index (χ1) is 10.3. The average Bonchev–Trinajstić information content (AvgIpc) is 3.02.